The normalized spacial score (nSPS) is 26.9. The van der Waals surface area contributed by atoms with Crippen LogP contribution in [0.25, 0.3) is 0 Å². The van der Waals surface area contributed by atoms with Crippen LogP contribution in [0.2, 0.25) is 0 Å². The van der Waals surface area contributed by atoms with Crippen LogP contribution in [-0.4, -0.2) is 41.4 Å². The number of nitrogens with zero attached hydrogens (tertiary/aromatic N) is 1. The van der Waals surface area contributed by atoms with Gasteiger partial charge in [0.15, 0.2) is 0 Å². The van der Waals surface area contributed by atoms with E-state index in [9.17, 15) is 9.90 Å². The Kier molecular flexibility index (Phi) is 5.09. The molecule has 1 saturated carbocycles. The summed E-state index contributed by atoms with van der Waals surface area (Å²) >= 11 is 0. The second-order valence-corrected chi connectivity index (χ2v) is 5.32. The van der Waals surface area contributed by atoms with Crippen molar-refractivity contribution in [2.75, 3.05) is 7.11 Å². The minimum atomic E-state index is -0.662. The maximum absolute atomic E-state index is 12.2. The molecule has 2 N–H and O–H groups in total. The van der Waals surface area contributed by atoms with Crippen molar-refractivity contribution in [3.05, 3.63) is 29.6 Å². The van der Waals surface area contributed by atoms with Gasteiger partial charge >= 0.3 is 0 Å². The Morgan fingerprint density at radius 1 is 1.40 bits per heavy atom. The van der Waals surface area contributed by atoms with E-state index in [1.54, 1.807) is 25.4 Å². The third-order valence-corrected chi connectivity index (χ3v) is 3.84. The molecule has 1 fully saturated rings. The van der Waals surface area contributed by atoms with E-state index in [1.165, 1.54) is 0 Å². The van der Waals surface area contributed by atoms with Crippen molar-refractivity contribution >= 4 is 5.91 Å². The lowest BCUT2D eigenvalue weighted by molar-refractivity contribution is -0.0277. The molecule has 0 bridgehead atoms. The molecule has 1 aliphatic carbocycles. The van der Waals surface area contributed by atoms with Crippen molar-refractivity contribution < 1.29 is 14.6 Å². The van der Waals surface area contributed by atoms with Crippen LogP contribution in [0.5, 0.6) is 0 Å². The molecule has 5 heteroatoms. The summed E-state index contributed by atoms with van der Waals surface area (Å²) in [6.07, 6.45) is 4.27. The lowest BCUT2D eigenvalue weighted by Crippen LogP contribution is -2.48. The van der Waals surface area contributed by atoms with E-state index >= 15 is 0 Å². The van der Waals surface area contributed by atoms with Crippen LogP contribution in [0, 0.1) is 6.92 Å². The summed E-state index contributed by atoms with van der Waals surface area (Å²) in [6, 6.07) is 3.28. The number of methoxy groups -OCH3 is 1. The number of rotatable bonds is 3. The van der Waals surface area contributed by atoms with Gasteiger partial charge in [-0.2, -0.15) is 0 Å². The van der Waals surface area contributed by atoms with E-state index in [4.69, 9.17) is 4.74 Å². The number of hydrogen-bond donors (Lipinski definition) is 2. The van der Waals surface area contributed by atoms with Gasteiger partial charge in [-0.15, -0.1) is 0 Å². The number of amides is 1. The number of ether oxygens (including phenoxy) is 1. The highest BCUT2D eigenvalue weighted by Gasteiger charge is 2.31. The number of aryl methyl sites for hydroxylation is 1. The number of aliphatic hydroxyl groups is 1. The van der Waals surface area contributed by atoms with E-state index in [-0.39, 0.29) is 18.1 Å². The largest absolute Gasteiger partial charge is 0.388 e. The van der Waals surface area contributed by atoms with Gasteiger partial charge in [0, 0.05) is 19.0 Å². The molecule has 1 aromatic heterocycles. The summed E-state index contributed by atoms with van der Waals surface area (Å²) in [5, 5.41) is 13.2. The maximum atomic E-state index is 12.2. The predicted octanol–water partition coefficient (Wildman–Crippen LogP) is 1.44. The summed E-state index contributed by atoms with van der Waals surface area (Å²) in [7, 11) is 1.60. The fraction of sp³-hybridized carbons (Fsp3) is 0.600. The lowest BCUT2D eigenvalue weighted by atomic mass is 10.0. The Morgan fingerprint density at radius 2 is 2.15 bits per heavy atom. The number of aromatic nitrogens is 1. The highest BCUT2D eigenvalue weighted by Crippen LogP contribution is 2.21. The van der Waals surface area contributed by atoms with Gasteiger partial charge in [-0.05, 0) is 31.9 Å². The number of carbonyl (C=O) groups is 1. The van der Waals surface area contributed by atoms with Gasteiger partial charge in [-0.25, -0.2) is 0 Å². The van der Waals surface area contributed by atoms with Crippen molar-refractivity contribution in [1.29, 1.82) is 0 Å². The molecule has 2 rings (SSSR count). The van der Waals surface area contributed by atoms with Gasteiger partial charge in [0.1, 0.15) is 6.10 Å². The van der Waals surface area contributed by atoms with Crippen LogP contribution in [-0.2, 0) is 4.74 Å². The van der Waals surface area contributed by atoms with Gasteiger partial charge in [0.05, 0.1) is 17.7 Å². The Balaban J connectivity index is 2.03. The lowest BCUT2D eigenvalue weighted by Gasteiger charge is -2.27. The van der Waals surface area contributed by atoms with Crippen molar-refractivity contribution in [2.24, 2.45) is 0 Å². The highest BCUT2D eigenvalue weighted by molar-refractivity contribution is 5.94. The summed E-state index contributed by atoms with van der Waals surface area (Å²) in [4.78, 5) is 16.3. The van der Waals surface area contributed by atoms with Gasteiger partial charge in [-0.1, -0.05) is 12.8 Å². The predicted molar refractivity (Wildman–Crippen MR) is 75.5 cm³/mol. The minimum absolute atomic E-state index is 0.196. The average molecular weight is 278 g/mol. The zero-order chi connectivity index (χ0) is 14.5. The number of hydrogen-bond acceptors (Lipinski definition) is 4. The first-order valence-electron chi connectivity index (χ1n) is 7.06. The molecule has 0 unspecified atom stereocenters. The van der Waals surface area contributed by atoms with E-state index in [0.717, 1.165) is 31.4 Å². The van der Waals surface area contributed by atoms with Gasteiger partial charge < -0.3 is 15.2 Å². The smallest absolute Gasteiger partial charge is 0.253 e. The molecule has 1 aromatic rings. The van der Waals surface area contributed by atoms with E-state index < -0.39 is 6.10 Å². The van der Waals surface area contributed by atoms with E-state index in [0.29, 0.717) is 5.56 Å². The molecule has 5 nitrogen and oxygen atoms in total. The van der Waals surface area contributed by atoms with Gasteiger partial charge in [0.2, 0.25) is 0 Å². The molecule has 1 aliphatic rings. The fourth-order valence-electron chi connectivity index (χ4n) is 2.58. The Hall–Kier alpha value is -1.46. The average Bonchev–Trinajstić information content (AvgIpc) is 2.62. The maximum Gasteiger partial charge on any atom is 0.253 e. The number of pyridine rings is 1. The van der Waals surface area contributed by atoms with E-state index in [2.05, 4.69) is 10.3 Å². The number of aliphatic hydroxyl groups excluding tert-OH is 1. The van der Waals surface area contributed by atoms with Crippen LogP contribution in [0.4, 0.5) is 0 Å². The van der Waals surface area contributed by atoms with Crippen LogP contribution in [0.15, 0.2) is 18.3 Å². The quantitative estimate of drug-likeness (QED) is 0.821. The van der Waals surface area contributed by atoms with Crippen LogP contribution in [0.1, 0.15) is 41.7 Å². The second kappa shape index (κ2) is 6.81. The summed E-state index contributed by atoms with van der Waals surface area (Å²) < 4.78 is 5.30. The van der Waals surface area contributed by atoms with Crippen molar-refractivity contribution in [3.8, 4) is 0 Å². The molecule has 0 spiro atoms. The second-order valence-electron chi connectivity index (χ2n) is 5.32. The van der Waals surface area contributed by atoms with Gasteiger partial charge in [-0.3, -0.25) is 9.78 Å². The molecule has 20 heavy (non-hydrogen) atoms. The molecule has 0 radical (unpaired) electrons. The molecule has 110 valence electrons. The number of nitrogens with one attached hydrogen (secondary N) is 1. The third-order valence-electron chi connectivity index (χ3n) is 3.84. The molecule has 0 aromatic carbocycles. The van der Waals surface area contributed by atoms with Gasteiger partial charge in [0.25, 0.3) is 5.91 Å². The first-order valence-corrected chi connectivity index (χ1v) is 7.06. The first-order chi connectivity index (χ1) is 9.61. The van der Waals surface area contributed by atoms with Crippen molar-refractivity contribution in [2.45, 2.75) is 50.9 Å². The topological polar surface area (TPSA) is 71.5 Å². The molecule has 0 saturated heterocycles. The van der Waals surface area contributed by atoms with Crippen molar-refractivity contribution in [1.82, 2.24) is 10.3 Å². The molecular formula is C15H22N2O3. The fourth-order valence-corrected chi connectivity index (χ4v) is 2.58. The zero-order valence-electron chi connectivity index (χ0n) is 12.0. The summed E-state index contributed by atoms with van der Waals surface area (Å²) in [5.41, 5.74) is 1.39. The van der Waals surface area contributed by atoms with Crippen LogP contribution in [0.3, 0.4) is 0 Å². The van der Waals surface area contributed by atoms with E-state index in [1.807, 2.05) is 6.92 Å². The Bertz CT molecular complexity index is 447. The monoisotopic (exact) mass is 278 g/mol. The highest BCUT2D eigenvalue weighted by atomic mass is 16.5. The minimum Gasteiger partial charge on any atom is -0.388 e. The molecule has 1 amide bonds. The Labute approximate surface area is 119 Å². The summed E-state index contributed by atoms with van der Waals surface area (Å²) in [5.74, 6) is -0.196. The SMILES string of the molecule is CO[C@@H]1CCCC[C@@H](NC(=O)c2ccc(C)nc2)[C@H]1O. The first kappa shape index (κ1) is 14.9. The third kappa shape index (κ3) is 3.55. The van der Waals surface area contributed by atoms with Crippen LogP contribution >= 0.6 is 0 Å². The molecule has 3 atom stereocenters. The zero-order valence-corrected chi connectivity index (χ0v) is 12.0. The number of carbonyl (C=O) groups excluding carboxylic acids is 1. The molecule has 1 heterocycles. The van der Waals surface area contributed by atoms with Crippen LogP contribution < -0.4 is 5.32 Å². The standard InChI is InChI=1S/C15H22N2O3/c1-10-7-8-11(9-16-10)15(19)17-12-5-3-4-6-13(20-2)14(12)18/h7-9,12-14,18H,3-6H2,1-2H3,(H,17,19)/t12-,13-,14-/m1/s1. The summed E-state index contributed by atoms with van der Waals surface area (Å²) in [6.45, 7) is 1.87. The van der Waals surface area contributed by atoms with Crippen molar-refractivity contribution in [3.63, 3.8) is 0 Å². The molecule has 0 aliphatic heterocycles. The Morgan fingerprint density at radius 3 is 2.80 bits per heavy atom. The molecular weight excluding hydrogens is 256 g/mol.